The van der Waals surface area contributed by atoms with Gasteiger partial charge in [-0.15, -0.1) is 0 Å². The quantitative estimate of drug-likeness (QED) is 0.869. The molecule has 0 bridgehead atoms. The third kappa shape index (κ3) is 2.15. The first kappa shape index (κ1) is 11.0. The van der Waals surface area contributed by atoms with Crippen molar-refractivity contribution in [2.75, 3.05) is 5.32 Å². The third-order valence-electron chi connectivity index (χ3n) is 4.16. The molecule has 0 unspecified atom stereocenters. The highest BCUT2D eigenvalue weighted by atomic mass is 15.1. The van der Waals surface area contributed by atoms with E-state index in [1.807, 2.05) is 0 Å². The molecule has 2 aliphatic carbocycles. The standard InChI is InChI=1S/C14H21N3/c1-14(2,10-7-8-10)17-13-11-5-3-4-6-12(11)15-9-16-13/h9-10H,3-8H2,1-2H3,(H,15,16,17). The maximum atomic E-state index is 4.47. The molecule has 17 heavy (non-hydrogen) atoms. The number of aryl methyl sites for hydroxylation is 1. The minimum absolute atomic E-state index is 0.180. The first-order chi connectivity index (χ1) is 8.17. The molecule has 0 aromatic carbocycles. The molecule has 92 valence electrons. The van der Waals surface area contributed by atoms with Crippen LogP contribution >= 0.6 is 0 Å². The molecular weight excluding hydrogens is 210 g/mol. The van der Waals surface area contributed by atoms with Gasteiger partial charge in [-0.25, -0.2) is 9.97 Å². The summed E-state index contributed by atoms with van der Waals surface area (Å²) in [7, 11) is 0. The Morgan fingerprint density at radius 1 is 1.18 bits per heavy atom. The van der Waals surface area contributed by atoms with Crippen molar-refractivity contribution in [2.45, 2.75) is 57.9 Å². The summed E-state index contributed by atoms with van der Waals surface area (Å²) in [5.41, 5.74) is 2.81. The molecule has 3 nitrogen and oxygen atoms in total. The van der Waals surface area contributed by atoms with E-state index in [9.17, 15) is 0 Å². The Bertz CT molecular complexity index is 421. The zero-order valence-electron chi connectivity index (χ0n) is 10.8. The fourth-order valence-electron chi connectivity index (χ4n) is 2.84. The highest BCUT2D eigenvalue weighted by Gasteiger charge is 2.38. The molecule has 0 aliphatic heterocycles. The van der Waals surface area contributed by atoms with Crippen molar-refractivity contribution in [2.24, 2.45) is 5.92 Å². The summed E-state index contributed by atoms with van der Waals surface area (Å²) in [5, 5.41) is 3.66. The Kier molecular flexibility index (Phi) is 2.57. The zero-order valence-corrected chi connectivity index (χ0v) is 10.8. The minimum Gasteiger partial charge on any atom is -0.365 e. The summed E-state index contributed by atoms with van der Waals surface area (Å²) in [4.78, 5) is 8.88. The van der Waals surface area contributed by atoms with Gasteiger partial charge in [-0.05, 0) is 58.3 Å². The van der Waals surface area contributed by atoms with Crippen molar-refractivity contribution in [1.82, 2.24) is 9.97 Å². The van der Waals surface area contributed by atoms with Gasteiger partial charge in [-0.2, -0.15) is 0 Å². The topological polar surface area (TPSA) is 37.8 Å². The number of aromatic nitrogens is 2. The highest BCUT2D eigenvalue weighted by molar-refractivity contribution is 5.49. The van der Waals surface area contributed by atoms with Crippen LogP contribution in [-0.4, -0.2) is 15.5 Å². The summed E-state index contributed by atoms with van der Waals surface area (Å²) in [6, 6.07) is 0. The van der Waals surface area contributed by atoms with Crippen LogP contribution in [0.5, 0.6) is 0 Å². The second-order valence-electron chi connectivity index (χ2n) is 5.98. The first-order valence-corrected chi connectivity index (χ1v) is 6.78. The predicted molar refractivity (Wildman–Crippen MR) is 69.1 cm³/mol. The summed E-state index contributed by atoms with van der Waals surface area (Å²) in [5.74, 6) is 1.91. The van der Waals surface area contributed by atoms with Crippen LogP contribution in [0.2, 0.25) is 0 Å². The van der Waals surface area contributed by atoms with Crippen LogP contribution in [0.25, 0.3) is 0 Å². The molecule has 0 amide bonds. The molecule has 1 aromatic heterocycles. The summed E-state index contributed by atoms with van der Waals surface area (Å²) in [6.07, 6.45) is 9.24. The van der Waals surface area contributed by atoms with Crippen LogP contribution in [0.15, 0.2) is 6.33 Å². The first-order valence-electron chi connectivity index (χ1n) is 6.78. The highest BCUT2D eigenvalue weighted by Crippen LogP contribution is 2.41. The maximum Gasteiger partial charge on any atom is 0.133 e. The Morgan fingerprint density at radius 3 is 2.71 bits per heavy atom. The Balaban J connectivity index is 1.87. The lowest BCUT2D eigenvalue weighted by Crippen LogP contribution is -2.34. The van der Waals surface area contributed by atoms with Crippen LogP contribution in [0.3, 0.4) is 0 Å². The average molecular weight is 231 g/mol. The van der Waals surface area contributed by atoms with Crippen molar-refractivity contribution in [3.8, 4) is 0 Å². The molecule has 0 radical (unpaired) electrons. The van der Waals surface area contributed by atoms with E-state index in [4.69, 9.17) is 0 Å². The third-order valence-corrected chi connectivity index (χ3v) is 4.16. The fraction of sp³-hybridized carbons (Fsp3) is 0.714. The Hall–Kier alpha value is -1.12. The van der Waals surface area contributed by atoms with Gasteiger partial charge in [0.1, 0.15) is 12.1 Å². The number of anilines is 1. The second-order valence-corrected chi connectivity index (χ2v) is 5.98. The largest absolute Gasteiger partial charge is 0.365 e. The predicted octanol–water partition coefficient (Wildman–Crippen LogP) is 2.96. The fourth-order valence-corrected chi connectivity index (χ4v) is 2.84. The van der Waals surface area contributed by atoms with Crippen LogP contribution in [0.4, 0.5) is 5.82 Å². The molecule has 0 spiro atoms. The monoisotopic (exact) mass is 231 g/mol. The number of nitrogens with zero attached hydrogens (tertiary/aromatic N) is 2. The van der Waals surface area contributed by atoms with E-state index < -0.39 is 0 Å². The molecule has 3 heteroatoms. The molecule has 3 rings (SSSR count). The van der Waals surface area contributed by atoms with E-state index >= 15 is 0 Å². The van der Waals surface area contributed by atoms with Crippen molar-refractivity contribution >= 4 is 5.82 Å². The van der Waals surface area contributed by atoms with Crippen LogP contribution in [-0.2, 0) is 12.8 Å². The van der Waals surface area contributed by atoms with Crippen molar-refractivity contribution in [1.29, 1.82) is 0 Å². The molecule has 1 saturated carbocycles. The Morgan fingerprint density at radius 2 is 1.94 bits per heavy atom. The SMILES string of the molecule is CC(C)(Nc1ncnc2c1CCCC2)C1CC1. The van der Waals surface area contributed by atoms with E-state index in [1.54, 1.807) is 6.33 Å². The van der Waals surface area contributed by atoms with Crippen LogP contribution in [0.1, 0.15) is 50.8 Å². The Labute approximate surface area is 103 Å². The van der Waals surface area contributed by atoms with Crippen LogP contribution in [0, 0.1) is 5.92 Å². The van der Waals surface area contributed by atoms with Gasteiger partial charge in [-0.1, -0.05) is 0 Å². The average Bonchev–Trinajstić information content (AvgIpc) is 3.13. The van der Waals surface area contributed by atoms with E-state index in [1.165, 1.54) is 36.9 Å². The number of nitrogens with one attached hydrogen (secondary N) is 1. The summed E-state index contributed by atoms with van der Waals surface area (Å²) in [6.45, 7) is 4.59. The van der Waals surface area contributed by atoms with Gasteiger partial charge < -0.3 is 5.32 Å². The zero-order chi connectivity index (χ0) is 11.9. The molecule has 1 fully saturated rings. The summed E-state index contributed by atoms with van der Waals surface area (Å²) >= 11 is 0. The molecule has 0 atom stereocenters. The van der Waals surface area contributed by atoms with Gasteiger partial charge in [-0.3, -0.25) is 0 Å². The van der Waals surface area contributed by atoms with E-state index in [-0.39, 0.29) is 5.54 Å². The number of hydrogen-bond donors (Lipinski definition) is 1. The van der Waals surface area contributed by atoms with Gasteiger partial charge in [0.25, 0.3) is 0 Å². The molecule has 1 aromatic rings. The lowest BCUT2D eigenvalue weighted by atomic mass is 9.94. The van der Waals surface area contributed by atoms with E-state index in [0.717, 1.165) is 24.6 Å². The number of fused-ring (bicyclic) bond motifs is 1. The second kappa shape index (κ2) is 3.97. The van der Waals surface area contributed by atoms with Crippen LogP contribution < -0.4 is 5.32 Å². The van der Waals surface area contributed by atoms with Crippen molar-refractivity contribution in [3.63, 3.8) is 0 Å². The molecule has 2 aliphatic rings. The van der Waals surface area contributed by atoms with Gasteiger partial charge >= 0.3 is 0 Å². The van der Waals surface area contributed by atoms with E-state index in [0.29, 0.717) is 0 Å². The smallest absolute Gasteiger partial charge is 0.133 e. The van der Waals surface area contributed by atoms with Gasteiger partial charge in [0.2, 0.25) is 0 Å². The minimum atomic E-state index is 0.180. The van der Waals surface area contributed by atoms with Gasteiger partial charge in [0.05, 0.1) is 0 Å². The normalized spacial score (nSPS) is 19.9. The molecule has 0 saturated heterocycles. The van der Waals surface area contributed by atoms with Gasteiger partial charge in [0, 0.05) is 16.8 Å². The molecule has 1 heterocycles. The van der Waals surface area contributed by atoms with Crippen molar-refractivity contribution in [3.05, 3.63) is 17.6 Å². The maximum absolute atomic E-state index is 4.47. The van der Waals surface area contributed by atoms with E-state index in [2.05, 4.69) is 29.1 Å². The lowest BCUT2D eigenvalue weighted by Gasteiger charge is -2.29. The number of rotatable bonds is 3. The van der Waals surface area contributed by atoms with Gasteiger partial charge in [0.15, 0.2) is 0 Å². The summed E-state index contributed by atoms with van der Waals surface area (Å²) < 4.78 is 0. The number of hydrogen-bond acceptors (Lipinski definition) is 3. The van der Waals surface area contributed by atoms with Crippen molar-refractivity contribution < 1.29 is 0 Å². The molecular formula is C14H21N3. The molecule has 1 N–H and O–H groups in total. The lowest BCUT2D eigenvalue weighted by molar-refractivity contribution is 0.490.